The lowest BCUT2D eigenvalue weighted by molar-refractivity contribution is -0.138. The van der Waals surface area contributed by atoms with Gasteiger partial charge in [0, 0.05) is 31.1 Å². The summed E-state index contributed by atoms with van der Waals surface area (Å²) >= 11 is 0. The maximum absolute atomic E-state index is 15.1. The van der Waals surface area contributed by atoms with Gasteiger partial charge in [0.15, 0.2) is 11.6 Å². The molecule has 2 aromatic carbocycles. The molecule has 164 valence electrons. The van der Waals surface area contributed by atoms with Crippen LogP contribution in [0, 0.1) is 29.3 Å². The fourth-order valence-corrected chi connectivity index (χ4v) is 4.90. The zero-order valence-electron chi connectivity index (χ0n) is 17.2. The molecule has 0 amide bonds. The zero-order valence-corrected chi connectivity index (χ0v) is 17.2. The molecule has 2 atom stereocenters. The fraction of sp³-hybridized carbons (Fsp3) is 0.458. The van der Waals surface area contributed by atoms with Gasteiger partial charge in [-0.3, -0.25) is 4.79 Å². The monoisotopic (exact) mass is 431 g/mol. The number of fused-ring (bicyclic) bond motifs is 1. The van der Waals surface area contributed by atoms with Crippen LogP contribution in [0.2, 0.25) is 0 Å². The predicted octanol–water partition coefficient (Wildman–Crippen LogP) is 5.03. The number of carbonyl (C=O) groups is 1. The van der Waals surface area contributed by atoms with Crippen LogP contribution in [-0.4, -0.2) is 23.7 Å². The third kappa shape index (κ3) is 3.64. The summed E-state index contributed by atoms with van der Waals surface area (Å²) in [5, 5.41) is 9.13. The third-order valence-corrected chi connectivity index (χ3v) is 6.83. The van der Waals surface area contributed by atoms with Gasteiger partial charge in [-0.15, -0.1) is 0 Å². The van der Waals surface area contributed by atoms with E-state index in [1.807, 2.05) is 0 Å². The smallest absolute Gasteiger partial charge is 0.307 e. The number of hydrogen-bond donors (Lipinski definition) is 1. The van der Waals surface area contributed by atoms with Gasteiger partial charge in [0.05, 0.1) is 17.7 Å². The summed E-state index contributed by atoms with van der Waals surface area (Å²) in [7, 11) is 0. The molecule has 4 nitrogen and oxygen atoms in total. The summed E-state index contributed by atoms with van der Waals surface area (Å²) in [6, 6.07) is 6.03. The van der Waals surface area contributed by atoms with E-state index in [9.17, 15) is 13.6 Å². The number of benzene rings is 2. The number of carboxylic acids is 1. The van der Waals surface area contributed by atoms with E-state index < -0.39 is 23.5 Å². The second-order valence-electron chi connectivity index (χ2n) is 9.12. The lowest BCUT2D eigenvalue weighted by Gasteiger charge is -2.34. The van der Waals surface area contributed by atoms with E-state index in [2.05, 4.69) is 6.92 Å². The number of nitrogens with zero attached hydrogens (tertiary/aromatic N) is 1. The van der Waals surface area contributed by atoms with Crippen molar-refractivity contribution in [2.75, 3.05) is 11.4 Å². The highest BCUT2D eigenvalue weighted by Gasteiger charge is 2.46. The first-order valence-corrected chi connectivity index (χ1v) is 10.8. The van der Waals surface area contributed by atoms with Crippen molar-refractivity contribution in [3.05, 3.63) is 58.4 Å². The predicted molar refractivity (Wildman–Crippen MR) is 109 cm³/mol. The maximum atomic E-state index is 15.1. The van der Waals surface area contributed by atoms with Crippen molar-refractivity contribution >= 4 is 11.7 Å². The van der Waals surface area contributed by atoms with Gasteiger partial charge in [-0.2, -0.15) is 0 Å². The lowest BCUT2D eigenvalue weighted by atomic mass is 9.84. The maximum Gasteiger partial charge on any atom is 0.307 e. The Bertz CT molecular complexity index is 1050. The SMILES string of the molecule is CC1CC(Oc2cc(F)c(F)c(N3CCc4c(ccc([C@H]5C[C@@H]5C(=O)O)c4F)C3)c2)C1. The van der Waals surface area contributed by atoms with E-state index in [0.29, 0.717) is 47.7 Å². The highest BCUT2D eigenvalue weighted by Crippen LogP contribution is 2.49. The summed E-state index contributed by atoms with van der Waals surface area (Å²) < 4.78 is 49.8. The summed E-state index contributed by atoms with van der Waals surface area (Å²) in [6.45, 7) is 2.71. The van der Waals surface area contributed by atoms with Crippen LogP contribution in [0.25, 0.3) is 0 Å². The van der Waals surface area contributed by atoms with Crippen molar-refractivity contribution in [3.8, 4) is 5.75 Å². The van der Waals surface area contributed by atoms with Gasteiger partial charge >= 0.3 is 5.97 Å². The fourth-order valence-electron chi connectivity index (χ4n) is 4.90. The van der Waals surface area contributed by atoms with E-state index >= 15 is 4.39 Å². The number of ether oxygens (including phenoxy) is 1. The molecule has 2 aliphatic carbocycles. The van der Waals surface area contributed by atoms with Crippen molar-refractivity contribution in [2.24, 2.45) is 11.8 Å². The Kier molecular flexibility index (Phi) is 4.87. The zero-order chi connectivity index (χ0) is 21.9. The molecule has 0 bridgehead atoms. The second kappa shape index (κ2) is 7.46. The van der Waals surface area contributed by atoms with Gasteiger partial charge in [-0.05, 0) is 48.3 Å². The van der Waals surface area contributed by atoms with Crippen molar-refractivity contribution in [1.29, 1.82) is 0 Å². The lowest BCUT2D eigenvalue weighted by Crippen LogP contribution is -2.33. The molecule has 1 heterocycles. The van der Waals surface area contributed by atoms with Crippen LogP contribution >= 0.6 is 0 Å². The molecule has 0 aromatic heterocycles. The molecule has 0 radical (unpaired) electrons. The third-order valence-electron chi connectivity index (χ3n) is 6.83. The normalized spacial score (nSPS) is 26.8. The Morgan fingerprint density at radius 3 is 2.58 bits per heavy atom. The molecule has 31 heavy (non-hydrogen) atoms. The van der Waals surface area contributed by atoms with Crippen molar-refractivity contribution in [3.63, 3.8) is 0 Å². The van der Waals surface area contributed by atoms with Crippen LogP contribution in [0.5, 0.6) is 5.75 Å². The molecule has 2 aromatic rings. The molecular formula is C24H24F3NO3. The van der Waals surface area contributed by atoms with Crippen LogP contribution in [0.1, 0.15) is 48.8 Å². The van der Waals surface area contributed by atoms with Crippen molar-refractivity contribution in [1.82, 2.24) is 0 Å². The largest absolute Gasteiger partial charge is 0.490 e. The Morgan fingerprint density at radius 1 is 1.13 bits per heavy atom. The van der Waals surface area contributed by atoms with Crippen molar-refractivity contribution in [2.45, 2.75) is 51.2 Å². The quantitative estimate of drug-likeness (QED) is 0.721. The van der Waals surface area contributed by atoms with E-state index in [0.717, 1.165) is 18.9 Å². The molecule has 7 heteroatoms. The minimum atomic E-state index is -0.958. The van der Waals surface area contributed by atoms with Gasteiger partial charge in [0.1, 0.15) is 11.6 Å². The number of hydrogen-bond acceptors (Lipinski definition) is 3. The minimum absolute atomic E-state index is 0.0272. The topological polar surface area (TPSA) is 49.8 Å². The summed E-state index contributed by atoms with van der Waals surface area (Å²) in [5.74, 6) is -3.06. The number of halogens is 3. The molecule has 5 rings (SSSR count). The molecule has 3 aliphatic rings. The first-order chi connectivity index (χ1) is 14.8. The van der Waals surface area contributed by atoms with Gasteiger partial charge in [0.2, 0.25) is 0 Å². The van der Waals surface area contributed by atoms with Crippen LogP contribution in [0.15, 0.2) is 24.3 Å². The molecule has 1 N–H and O–H groups in total. The Balaban J connectivity index is 1.37. The summed E-state index contributed by atoms with van der Waals surface area (Å²) in [5.41, 5.74) is 1.81. The highest BCUT2D eigenvalue weighted by atomic mass is 19.2. The van der Waals surface area contributed by atoms with Gasteiger partial charge in [-0.1, -0.05) is 19.1 Å². The molecule has 0 saturated heterocycles. The Morgan fingerprint density at radius 2 is 1.90 bits per heavy atom. The number of aliphatic carboxylic acids is 1. The van der Waals surface area contributed by atoms with Crippen molar-refractivity contribution < 1.29 is 27.8 Å². The molecule has 2 saturated carbocycles. The van der Waals surface area contributed by atoms with Crippen LogP contribution in [0.4, 0.5) is 18.9 Å². The molecule has 2 fully saturated rings. The second-order valence-corrected chi connectivity index (χ2v) is 9.12. The van der Waals surface area contributed by atoms with E-state index in [1.165, 1.54) is 6.07 Å². The molecule has 0 unspecified atom stereocenters. The first kappa shape index (κ1) is 20.2. The summed E-state index contributed by atoms with van der Waals surface area (Å²) in [4.78, 5) is 12.8. The van der Waals surface area contributed by atoms with E-state index in [-0.39, 0.29) is 30.1 Å². The van der Waals surface area contributed by atoms with Crippen LogP contribution < -0.4 is 9.64 Å². The molecular weight excluding hydrogens is 407 g/mol. The van der Waals surface area contributed by atoms with Gasteiger partial charge in [0.25, 0.3) is 0 Å². The van der Waals surface area contributed by atoms with Gasteiger partial charge < -0.3 is 14.7 Å². The first-order valence-electron chi connectivity index (χ1n) is 10.8. The summed E-state index contributed by atoms with van der Waals surface area (Å²) in [6.07, 6.45) is 2.62. The van der Waals surface area contributed by atoms with Gasteiger partial charge in [-0.25, -0.2) is 13.2 Å². The average molecular weight is 431 g/mol. The standard InChI is InChI=1S/C24H24F3NO3/c1-12-6-14(7-12)31-15-8-20(25)23(27)21(9-15)28-5-4-16-13(11-28)2-3-17(22(16)26)18-10-19(18)24(29)30/h2-3,8-9,12,14,18-19H,4-7,10-11H2,1H3,(H,29,30)/t12?,14?,18-,19+/m1/s1. The minimum Gasteiger partial charge on any atom is -0.490 e. The average Bonchev–Trinajstić information content (AvgIpc) is 3.50. The number of rotatable bonds is 5. The van der Waals surface area contributed by atoms with E-state index in [4.69, 9.17) is 9.84 Å². The Hall–Kier alpha value is -2.70. The number of anilines is 1. The Labute approximate surface area is 178 Å². The van der Waals surface area contributed by atoms with Crippen LogP contribution in [-0.2, 0) is 17.8 Å². The molecule has 0 spiro atoms. The molecule has 1 aliphatic heterocycles. The number of carboxylic acid groups (broad SMARTS) is 1. The highest BCUT2D eigenvalue weighted by molar-refractivity contribution is 5.75. The van der Waals surface area contributed by atoms with Crippen LogP contribution in [0.3, 0.4) is 0 Å². The van der Waals surface area contributed by atoms with E-state index in [1.54, 1.807) is 17.0 Å².